The molecule has 0 unspecified atom stereocenters. The molecule has 0 atom stereocenters. The zero-order chi connectivity index (χ0) is 19.4. The van der Waals surface area contributed by atoms with Gasteiger partial charge in [-0.2, -0.15) is 0 Å². The SMILES string of the molecule is O=C(Nc1ccc(Cl)cc1)Nc1nc(C(=O)Nc2ccc(Cl)c(Cl)c2)cs1. The molecule has 2 aromatic carbocycles. The van der Waals surface area contributed by atoms with E-state index in [0.717, 1.165) is 11.3 Å². The highest BCUT2D eigenvalue weighted by atomic mass is 35.5. The van der Waals surface area contributed by atoms with Gasteiger partial charge in [0, 0.05) is 21.8 Å². The normalized spacial score (nSPS) is 10.3. The van der Waals surface area contributed by atoms with Gasteiger partial charge in [-0.05, 0) is 42.5 Å². The molecule has 0 aliphatic heterocycles. The van der Waals surface area contributed by atoms with Gasteiger partial charge in [0.1, 0.15) is 5.69 Å². The van der Waals surface area contributed by atoms with Crippen LogP contribution < -0.4 is 16.0 Å². The predicted molar refractivity (Wildman–Crippen MR) is 111 cm³/mol. The first-order valence-electron chi connectivity index (χ1n) is 7.46. The number of urea groups is 1. The van der Waals surface area contributed by atoms with E-state index in [1.54, 1.807) is 36.4 Å². The first-order valence-corrected chi connectivity index (χ1v) is 9.47. The van der Waals surface area contributed by atoms with Crippen LogP contribution in [0.15, 0.2) is 47.8 Å². The number of carbonyl (C=O) groups is 2. The summed E-state index contributed by atoms with van der Waals surface area (Å²) < 4.78 is 0. The van der Waals surface area contributed by atoms with E-state index < -0.39 is 11.9 Å². The van der Waals surface area contributed by atoms with E-state index in [1.165, 1.54) is 11.4 Å². The molecule has 10 heteroatoms. The molecule has 0 aliphatic rings. The Morgan fingerprint density at radius 3 is 2.26 bits per heavy atom. The topological polar surface area (TPSA) is 83.1 Å². The summed E-state index contributed by atoms with van der Waals surface area (Å²) in [6.07, 6.45) is 0. The molecular formula is C17H11Cl3N4O2S. The average Bonchev–Trinajstić information content (AvgIpc) is 3.08. The Morgan fingerprint density at radius 2 is 1.56 bits per heavy atom. The molecule has 0 bridgehead atoms. The molecule has 3 rings (SSSR count). The molecule has 0 aliphatic carbocycles. The highest BCUT2D eigenvalue weighted by Crippen LogP contribution is 2.25. The number of thiazole rings is 1. The van der Waals surface area contributed by atoms with Gasteiger partial charge in [0.2, 0.25) is 0 Å². The van der Waals surface area contributed by atoms with Crippen LogP contribution in [0, 0.1) is 0 Å². The van der Waals surface area contributed by atoms with Crippen LogP contribution in [0.1, 0.15) is 10.5 Å². The fraction of sp³-hybridized carbons (Fsp3) is 0. The molecule has 0 fully saturated rings. The maximum atomic E-state index is 12.2. The number of amides is 3. The average molecular weight is 442 g/mol. The summed E-state index contributed by atoms with van der Waals surface area (Å²) in [5, 5.41) is 11.0. The predicted octanol–water partition coefficient (Wildman–Crippen LogP) is 6.00. The Morgan fingerprint density at radius 1 is 0.852 bits per heavy atom. The van der Waals surface area contributed by atoms with Crippen LogP contribution in [0.2, 0.25) is 15.1 Å². The summed E-state index contributed by atoms with van der Waals surface area (Å²) in [6, 6.07) is 10.9. The minimum Gasteiger partial charge on any atom is -0.321 e. The van der Waals surface area contributed by atoms with E-state index in [-0.39, 0.29) is 10.8 Å². The molecular weight excluding hydrogens is 431 g/mol. The Bertz CT molecular complexity index is 992. The third-order valence-electron chi connectivity index (χ3n) is 3.24. The molecule has 0 saturated carbocycles. The molecule has 138 valence electrons. The lowest BCUT2D eigenvalue weighted by atomic mass is 10.3. The van der Waals surface area contributed by atoms with E-state index in [0.29, 0.717) is 26.4 Å². The van der Waals surface area contributed by atoms with E-state index in [2.05, 4.69) is 20.9 Å². The Kier molecular flexibility index (Phi) is 6.18. The maximum absolute atomic E-state index is 12.2. The van der Waals surface area contributed by atoms with Gasteiger partial charge >= 0.3 is 6.03 Å². The van der Waals surface area contributed by atoms with Gasteiger partial charge in [0.15, 0.2) is 5.13 Å². The van der Waals surface area contributed by atoms with Crippen LogP contribution >= 0.6 is 46.1 Å². The van der Waals surface area contributed by atoms with Crippen LogP contribution in [0.5, 0.6) is 0 Å². The number of nitrogens with zero attached hydrogens (tertiary/aromatic N) is 1. The standard InChI is InChI=1S/C17H11Cl3N4O2S/c18-9-1-3-10(4-2-9)22-16(26)24-17-23-14(8-27-17)15(25)21-11-5-6-12(19)13(20)7-11/h1-8H,(H,21,25)(H2,22,23,24,26). The number of benzene rings is 2. The van der Waals surface area contributed by atoms with Crippen molar-refractivity contribution in [1.29, 1.82) is 0 Å². The summed E-state index contributed by atoms with van der Waals surface area (Å²) in [6.45, 7) is 0. The smallest absolute Gasteiger partial charge is 0.321 e. The second-order valence-corrected chi connectivity index (χ2v) is 7.32. The van der Waals surface area contributed by atoms with Crippen molar-refractivity contribution >= 4 is 74.6 Å². The van der Waals surface area contributed by atoms with Crippen LogP contribution in [0.3, 0.4) is 0 Å². The Labute approximate surface area is 173 Å². The fourth-order valence-electron chi connectivity index (χ4n) is 2.00. The van der Waals surface area contributed by atoms with Gasteiger partial charge in [0.25, 0.3) is 5.91 Å². The third-order valence-corrected chi connectivity index (χ3v) is 4.99. The molecule has 1 heterocycles. The van der Waals surface area contributed by atoms with Crippen molar-refractivity contribution in [3.63, 3.8) is 0 Å². The van der Waals surface area contributed by atoms with E-state index in [4.69, 9.17) is 34.8 Å². The number of nitrogens with one attached hydrogen (secondary N) is 3. The molecule has 3 amide bonds. The van der Waals surface area contributed by atoms with E-state index in [1.807, 2.05) is 0 Å². The van der Waals surface area contributed by atoms with Crippen molar-refractivity contribution in [3.8, 4) is 0 Å². The minimum atomic E-state index is -0.483. The Hall–Kier alpha value is -2.32. The summed E-state index contributed by atoms with van der Waals surface area (Å²) in [4.78, 5) is 28.3. The summed E-state index contributed by atoms with van der Waals surface area (Å²) in [5.74, 6) is -0.434. The molecule has 1 aromatic heterocycles. The van der Waals surface area contributed by atoms with Crippen molar-refractivity contribution in [3.05, 3.63) is 68.6 Å². The van der Waals surface area contributed by atoms with Crippen molar-refractivity contribution in [2.75, 3.05) is 16.0 Å². The second kappa shape index (κ2) is 8.58. The molecule has 0 spiro atoms. The van der Waals surface area contributed by atoms with Crippen molar-refractivity contribution in [2.45, 2.75) is 0 Å². The molecule has 3 aromatic rings. The van der Waals surface area contributed by atoms with Gasteiger partial charge in [-0.25, -0.2) is 9.78 Å². The lowest BCUT2D eigenvalue weighted by Gasteiger charge is -2.05. The molecule has 0 saturated heterocycles. The zero-order valence-corrected chi connectivity index (χ0v) is 16.5. The summed E-state index contributed by atoms with van der Waals surface area (Å²) >= 11 is 18.7. The number of carbonyl (C=O) groups excluding carboxylic acids is 2. The molecule has 3 N–H and O–H groups in total. The Balaban J connectivity index is 1.60. The second-order valence-electron chi connectivity index (χ2n) is 5.21. The fourth-order valence-corrected chi connectivity index (χ4v) is 3.11. The molecule has 6 nitrogen and oxygen atoms in total. The van der Waals surface area contributed by atoms with Crippen LogP contribution in [0.4, 0.5) is 21.3 Å². The van der Waals surface area contributed by atoms with Crippen molar-refractivity contribution in [2.24, 2.45) is 0 Å². The maximum Gasteiger partial charge on any atom is 0.325 e. The number of halogens is 3. The molecule has 0 radical (unpaired) electrons. The summed E-state index contributed by atoms with van der Waals surface area (Å²) in [7, 11) is 0. The monoisotopic (exact) mass is 440 g/mol. The van der Waals surface area contributed by atoms with Crippen LogP contribution in [-0.2, 0) is 0 Å². The van der Waals surface area contributed by atoms with Gasteiger partial charge in [-0.3, -0.25) is 10.1 Å². The number of hydrogen-bond acceptors (Lipinski definition) is 4. The number of aromatic nitrogens is 1. The highest BCUT2D eigenvalue weighted by molar-refractivity contribution is 7.14. The van der Waals surface area contributed by atoms with Gasteiger partial charge in [-0.15, -0.1) is 11.3 Å². The zero-order valence-electron chi connectivity index (χ0n) is 13.4. The lowest BCUT2D eigenvalue weighted by molar-refractivity contribution is 0.102. The van der Waals surface area contributed by atoms with Crippen molar-refractivity contribution in [1.82, 2.24) is 4.98 Å². The lowest BCUT2D eigenvalue weighted by Crippen LogP contribution is -2.19. The first-order chi connectivity index (χ1) is 12.9. The molecule has 27 heavy (non-hydrogen) atoms. The number of rotatable bonds is 4. The first kappa shape index (κ1) is 19.4. The van der Waals surface area contributed by atoms with Gasteiger partial charge < -0.3 is 10.6 Å². The van der Waals surface area contributed by atoms with Crippen LogP contribution in [0.25, 0.3) is 0 Å². The number of anilines is 3. The van der Waals surface area contributed by atoms with Gasteiger partial charge in [-0.1, -0.05) is 34.8 Å². The highest BCUT2D eigenvalue weighted by Gasteiger charge is 2.13. The largest absolute Gasteiger partial charge is 0.325 e. The van der Waals surface area contributed by atoms with Crippen molar-refractivity contribution < 1.29 is 9.59 Å². The quantitative estimate of drug-likeness (QED) is 0.464. The minimum absolute atomic E-state index is 0.160. The van der Waals surface area contributed by atoms with E-state index in [9.17, 15) is 9.59 Å². The third kappa shape index (κ3) is 5.33. The number of hydrogen-bond donors (Lipinski definition) is 3. The summed E-state index contributed by atoms with van der Waals surface area (Å²) in [5.41, 5.74) is 1.22. The van der Waals surface area contributed by atoms with Crippen LogP contribution in [-0.4, -0.2) is 16.9 Å². The van der Waals surface area contributed by atoms with E-state index >= 15 is 0 Å². The van der Waals surface area contributed by atoms with Gasteiger partial charge in [0.05, 0.1) is 10.0 Å².